The van der Waals surface area contributed by atoms with Crippen LogP contribution in [-0.4, -0.2) is 63.8 Å². The molecule has 4 rings (SSSR count). The summed E-state index contributed by atoms with van der Waals surface area (Å²) in [4.78, 5) is 43.4. The number of carbonyl (C=O) groups excluding carboxylic acids is 2. The number of nitrogens with zero attached hydrogens (tertiary/aromatic N) is 3. The van der Waals surface area contributed by atoms with Gasteiger partial charge in [-0.3, -0.25) is 9.59 Å². The van der Waals surface area contributed by atoms with Gasteiger partial charge in [0.25, 0.3) is 5.91 Å². The zero-order valence-corrected chi connectivity index (χ0v) is 21.6. The van der Waals surface area contributed by atoms with E-state index in [1.807, 2.05) is 13.8 Å². The predicted molar refractivity (Wildman–Crippen MR) is 140 cm³/mol. The monoisotopic (exact) mass is 526 g/mol. The van der Waals surface area contributed by atoms with Crippen molar-refractivity contribution in [3.8, 4) is 11.5 Å². The molecular formula is C26H30N4O6S. The van der Waals surface area contributed by atoms with Gasteiger partial charge >= 0.3 is 12.1 Å². The lowest BCUT2D eigenvalue weighted by atomic mass is 9.98. The molecular weight excluding hydrogens is 496 g/mol. The average Bonchev–Trinajstić information content (AvgIpc) is 3.18. The van der Waals surface area contributed by atoms with Crippen LogP contribution < -0.4 is 19.7 Å². The van der Waals surface area contributed by atoms with Crippen LogP contribution in [0, 0.1) is 11.8 Å². The van der Waals surface area contributed by atoms with Gasteiger partial charge in [-0.2, -0.15) is 0 Å². The number of nitrogens with one attached hydrogen (secondary N) is 1. The Bertz CT molecular complexity index is 1150. The number of carboxylic acids is 1. The first-order chi connectivity index (χ1) is 17.7. The standard InChI is InChI=1S/C26H30N4O6S/c1-16(2)23-24(33)30(25(37)28-23)21-8-7-20(14-27-21)36-26(34)29-11-9-18(10-12-29)15-35-19-5-3-17(4-6-19)13-22(31)32/h3-8,14,16,18,23H,9-13,15H2,1-2H3,(H,28,37)(H,31,32). The Morgan fingerprint density at radius 3 is 2.38 bits per heavy atom. The molecule has 2 amide bonds. The van der Waals surface area contributed by atoms with Crippen LogP contribution in [0.3, 0.4) is 0 Å². The third kappa shape index (κ3) is 6.53. The molecule has 0 saturated carbocycles. The number of aliphatic carboxylic acids is 1. The van der Waals surface area contributed by atoms with Gasteiger partial charge in [-0.05, 0) is 66.7 Å². The number of pyridine rings is 1. The molecule has 2 aromatic rings. The number of hydrogen-bond donors (Lipinski definition) is 2. The van der Waals surface area contributed by atoms with Crippen LogP contribution in [0.5, 0.6) is 11.5 Å². The van der Waals surface area contributed by atoms with Gasteiger partial charge in [-0.15, -0.1) is 0 Å². The molecule has 0 spiro atoms. The van der Waals surface area contributed by atoms with Gasteiger partial charge in [0.1, 0.15) is 17.6 Å². The molecule has 0 bridgehead atoms. The number of amides is 2. The third-order valence-electron chi connectivity index (χ3n) is 6.43. The van der Waals surface area contributed by atoms with Gasteiger partial charge < -0.3 is 24.8 Å². The summed E-state index contributed by atoms with van der Waals surface area (Å²) in [5, 5.41) is 12.2. The Hall–Kier alpha value is -3.73. The Kier molecular flexibility index (Phi) is 8.22. The minimum atomic E-state index is -0.868. The number of likely N-dealkylation sites (tertiary alicyclic amines) is 1. The zero-order chi connectivity index (χ0) is 26.5. The van der Waals surface area contributed by atoms with E-state index in [4.69, 9.17) is 26.8 Å². The largest absolute Gasteiger partial charge is 0.493 e. The van der Waals surface area contributed by atoms with Crippen LogP contribution in [-0.2, 0) is 16.0 Å². The van der Waals surface area contributed by atoms with Crippen molar-refractivity contribution in [3.63, 3.8) is 0 Å². The summed E-state index contributed by atoms with van der Waals surface area (Å²) < 4.78 is 11.3. The summed E-state index contributed by atoms with van der Waals surface area (Å²) in [5.74, 6) is 0.724. The quantitative estimate of drug-likeness (QED) is 0.499. The van der Waals surface area contributed by atoms with E-state index >= 15 is 0 Å². The van der Waals surface area contributed by atoms with Gasteiger partial charge in [0, 0.05) is 13.1 Å². The fraction of sp³-hybridized carbons (Fsp3) is 0.423. The number of anilines is 1. The molecule has 37 heavy (non-hydrogen) atoms. The number of carbonyl (C=O) groups is 3. The summed E-state index contributed by atoms with van der Waals surface area (Å²) in [6.07, 6.45) is 2.51. The Morgan fingerprint density at radius 1 is 1.14 bits per heavy atom. The smallest absolute Gasteiger partial charge is 0.415 e. The molecule has 196 valence electrons. The van der Waals surface area contributed by atoms with E-state index in [-0.39, 0.29) is 30.0 Å². The predicted octanol–water partition coefficient (Wildman–Crippen LogP) is 3.24. The van der Waals surface area contributed by atoms with Crippen LogP contribution in [0.15, 0.2) is 42.6 Å². The van der Waals surface area contributed by atoms with E-state index in [1.54, 1.807) is 41.3 Å². The molecule has 1 atom stereocenters. The van der Waals surface area contributed by atoms with Crippen molar-refractivity contribution in [2.45, 2.75) is 39.2 Å². The number of hydrogen-bond acceptors (Lipinski definition) is 7. The summed E-state index contributed by atoms with van der Waals surface area (Å²) >= 11 is 5.29. The van der Waals surface area contributed by atoms with Crippen LogP contribution in [0.25, 0.3) is 0 Å². The number of aromatic nitrogens is 1. The lowest BCUT2D eigenvalue weighted by Gasteiger charge is -2.31. The zero-order valence-electron chi connectivity index (χ0n) is 20.8. The van der Waals surface area contributed by atoms with Crippen molar-refractivity contribution in [2.75, 3.05) is 24.6 Å². The first kappa shape index (κ1) is 26.3. The molecule has 2 N–H and O–H groups in total. The SMILES string of the molecule is CC(C)C1NC(=S)N(c2ccc(OC(=O)N3CCC(COc4ccc(CC(=O)O)cc4)CC3)cn2)C1=O. The van der Waals surface area contributed by atoms with Crippen LogP contribution in [0.1, 0.15) is 32.3 Å². The number of benzene rings is 1. The molecule has 3 heterocycles. The second-order valence-electron chi connectivity index (χ2n) is 9.52. The first-order valence-corrected chi connectivity index (χ1v) is 12.6. The Morgan fingerprint density at radius 2 is 1.81 bits per heavy atom. The Balaban J connectivity index is 1.22. The highest BCUT2D eigenvalue weighted by Gasteiger charge is 2.38. The average molecular weight is 527 g/mol. The Labute approximate surface area is 220 Å². The minimum absolute atomic E-state index is 0.0164. The van der Waals surface area contributed by atoms with Gasteiger partial charge in [-0.25, -0.2) is 14.7 Å². The lowest BCUT2D eigenvalue weighted by molar-refractivity contribution is -0.136. The molecule has 0 radical (unpaired) electrons. The molecule has 11 heteroatoms. The number of rotatable bonds is 8. The number of ether oxygens (including phenoxy) is 2. The maximum Gasteiger partial charge on any atom is 0.415 e. The van der Waals surface area contributed by atoms with Crippen molar-refractivity contribution in [2.24, 2.45) is 11.8 Å². The van der Waals surface area contributed by atoms with Crippen LogP contribution >= 0.6 is 12.2 Å². The van der Waals surface area contributed by atoms with E-state index < -0.39 is 12.1 Å². The molecule has 2 saturated heterocycles. The highest BCUT2D eigenvalue weighted by Crippen LogP contribution is 2.24. The number of thiocarbonyl (C=S) groups is 1. The molecule has 2 aliphatic heterocycles. The van der Waals surface area contributed by atoms with Crippen molar-refractivity contribution < 1.29 is 29.0 Å². The number of piperidine rings is 1. The fourth-order valence-electron chi connectivity index (χ4n) is 4.27. The van der Waals surface area contributed by atoms with E-state index in [1.165, 1.54) is 11.1 Å². The summed E-state index contributed by atoms with van der Waals surface area (Å²) in [6, 6.07) is 9.87. The molecule has 10 nitrogen and oxygen atoms in total. The summed E-state index contributed by atoms with van der Waals surface area (Å²) in [5.41, 5.74) is 0.723. The lowest BCUT2D eigenvalue weighted by Crippen LogP contribution is -2.41. The van der Waals surface area contributed by atoms with Gasteiger partial charge in [0.2, 0.25) is 0 Å². The van der Waals surface area contributed by atoms with E-state index in [2.05, 4.69) is 10.3 Å². The normalized spacial score (nSPS) is 18.2. The van der Waals surface area contributed by atoms with Gasteiger partial charge in [0.15, 0.2) is 10.9 Å². The van der Waals surface area contributed by atoms with E-state index in [9.17, 15) is 14.4 Å². The molecule has 2 aliphatic rings. The molecule has 1 unspecified atom stereocenters. The van der Waals surface area contributed by atoms with Crippen molar-refractivity contribution >= 4 is 41.1 Å². The highest BCUT2D eigenvalue weighted by atomic mass is 32.1. The molecule has 0 aliphatic carbocycles. The van der Waals surface area contributed by atoms with Crippen molar-refractivity contribution in [1.29, 1.82) is 0 Å². The van der Waals surface area contributed by atoms with Crippen LogP contribution in [0.4, 0.5) is 10.6 Å². The minimum Gasteiger partial charge on any atom is -0.493 e. The topological polar surface area (TPSA) is 121 Å². The van der Waals surface area contributed by atoms with Gasteiger partial charge in [0.05, 0.1) is 19.2 Å². The summed E-state index contributed by atoms with van der Waals surface area (Å²) in [6.45, 7) is 5.51. The van der Waals surface area contributed by atoms with Crippen molar-refractivity contribution in [3.05, 3.63) is 48.2 Å². The summed E-state index contributed by atoms with van der Waals surface area (Å²) in [7, 11) is 0. The third-order valence-corrected chi connectivity index (χ3v) is 6.73. The molecule has 1 aromatic carbocycles. The highest BCUT2D eigenvalue weighted by molar-refractivity contribution is 7.80. The van der Waals surface area contributed by atoms with Crippen LogP contribution in [0.2, 0.25) is 0 Å². The number of carboxylic acid groups (broad SMARTS) is 1. The van der Waals surface area contributed by atoms with Crippen molar-refractivity contribution in [1.82, 2.24) is 15.2 Å². The second-order valence-corrected chi connectivity index (χ2v) is 9.91. The van der Waals surface area contributed by atoms with Gasteiger partial charge in [-0.1, -0.05) is 26.0 Å². The fourth-order valence-corrected chi connectivity index (χ4v) is 4.58. The van der Waals surface area contributed by atoms with E-state index in [0.717, 1.165) is 18.4 Å². The maximum atomic E-state index is 12.6. The second kappa shape index (κ2) is 11.5. The van der Waals surface area contributed by atoms with E-state index in [0.29, 0.717) is 42.3 Å². The molecule has 2 fully saturated rings. The first-order valence-electron chi connectivity index (χ1n) is 12.2. The molecule has 1 aromatic heterocycles. The maximum absolute atomic E-state index is 12.6.